The summed E-state index contributed by atoms with van der Waals surface area (Å²) in [7, 11) is 0. The van der Waals surface area contributed by atoms with Gasteiger partial charge in [0.15, 0.2) is 0 Å². The van der Waals surface area contributed by atoms with Crippen molar-refractivity contribution in [1.82, 2.24) is 10.2 Å². The van der Waals surface area contributed by atoms with E-state index in [1.807, 2.05) is 20.8 Å². The minimum atomic E-state index is -0.493. The number of hydrogen-bond acceptors (Lipinski definition) is 2. The standard InChI is InChI=1S/C16H21FN2O2/c1-4-10(2)15-16(21)19(9-14(20)18-15)11(3)12-6-5-7-13(17)8-12/h5-8,10-11,15H,4,9H2,1-3H3,(H,18,20). The molecule has 2 rings (SSSR count). The molecule has 1 N–H and O–H groups in total. The molecule has 1 aliphatic heterocycles. The Balaban J connectivity index is 2.25. The maximum absolute atomic E-state index is 13.3. The van der Waals surface area contributed by atoms with E-state index in [9.17, 15) is 14.0 Å². The summed E-state index contributed by atoms with van der Waals surface area (Å²) in [5, 5.41) is 2.76. The molecular formula is C16H21FN2O2. The van der Waals surface area contributed by atoms with E-state index in [0.29, 0.717) is 5.56 Å². The van der Waals surface area contributed by atoms with Crippen molar-refractivity contribution in [3.05, 3.63) is 35.6 Å². The van der Waals surface area contributed by atoms with E-state index in [1.165, 1.54) is 17.0 Å². The molecule has 5 heteroatoms. The summed E-state index contributed by atoms with van der Waals surface area (Å²) >= 11 is 0. The zero-order valence-corrected chi connectivity index (χ0v) is 12.6. The van der Waals surface area contributed by atoms with Crippen LogP contribution < -0.4 is 5.32 Å². The van der Waals surface area contributed by atoms with Gasteiger partial charge in [-0.25, -0.2) is 4.39 Å². The van der Waals surface area contributed by atoms with Gasteiger partial charge in [0, 0.05) is 0 Å². The molecule has 0 radical (unpaired) electrons. The third-order valence-corrected chi connectivity index (χ3v) is 4.19. The molecule has 0 aromatic heterocycles. The van der Waals surface area contributed by atoms with E-state index in [4.69, 9.17) is 0 Å². The van der Waals surface area contributed by atoms with Crippen LogP contribution in [0.25, 0.3) is 0 Å². The first-order valence-electron chi connectivity index (χ1n) is 7.29. The summed E-state index contributed by atoms with van der Waals surface area (Å²) in [4.78, 5) is 26.0. The topological polar surface area (TPSA) is 49.4 Å². The molecule has 114 valence electrons. The molecular weight excluding hydrogens is 271 g/mol. The maximum Gasteiger partial charge on any atom is 0.246 e. The molecule has 1 heterocycles. The first kappa shape index (κ1) is 15.5. The molecule has 0 spiro atoms. The summed E-state index contributed by atoms with van der Waals surface area (Å²) in [6.45, 7) is 5.76. The number of halogens is 1. The van der Waals surface area contributed by atoms with Crippen molar-refractivity contribution >= 4 is 11.8 Å². The Morgan fingerprint density at radius 2 is 2.10 bits per heavy atom. The number of nitrogens with one attached hydrogen (secondary N) is 1. The number of carbonyl (C=O) groups is 2. The fourth-order valence-electron chi connectivity index (χ4n) is 2.59. The minimum absolute atomic E-state index is 0.0173. The van der Waals surface area contributed by atoms with Crippen LogP contribution in [0.4, 0.5) is 4.39 Å². The van der Waals surface area contributed by atoms with E-state index in [0.717, 1.165) is 6.42 Å². The van der Waals surface area contributed by atoms with Gasteiger partial charge in [0.25, 0.3) is 0 Å². The largest absolute Gasteiger partial charge is 0.342 e. The number of piperazine rings is 1. The number of amides is 2. The number of nitrogens with zero attached hydrogens (tertiary/aromatic N) is 1. The molecule has 0 saturated carbocycles. The Morgan fingerprint density at radius 1 is 1.38 bits per heavy atom. The SMILES string of the molecule is CCC(C)C1NC(=O)CN(C(C)c2cccc(F)c2)C1=O. The molecule has 2 amide bonds. The van der Waals surface area contributed by atoms with E-state index < -0.39 is 6.04 Å². The average Bonchev–Trinajstić information content (AvgIpc) is 2.47. The Morgan fingerprint density at radius 3 is 2.71 bits per heavy atom. The van der Waals surface area contributed by atoms with Crippen molar-refractivity contribution < 1.29 is 14.0 Å². The van der Waals surface area contributed by atoms with Gasteiger partial charge in [-0.15, -0.1) is 0 Å². The Labute approximate surface area is 124 Å². The van der Waals surface area contributed by atoms with Crippen LogP contribution in [0.3, 0.4) is 0 Å². The molecule has 1 aromatic rings. The van der Waals surface area contributed by atoms with Crippen molar-refractivity contribution in [1.29, 1.82) is 0 Å². The molecule has 3 atom stereocenters. The van der Waals surface area contributed by atoms with Crippen LogP contribution in [0.1, 0.15) is 38.8 Å². The van der Waals surface area contributed by atoms with Gasteiger partial charge in [0.2, 0.25) is 11.8 Å². The summed E-state index contributed by atoms with van der Waals surface area (Å²) in [5.74, 6) is -0.528. The average molecular weight is 292 g/mol. The quantitative estimate of drug-likeness (QED) is 0.925. The number of benzene rings is 1. The van der Waals surface area contributed by atoms with Crippen molar-refractivity contribution in [2.24, 2.45) is 5.92 Å². The van der Waals surface area contributed by atoms with Crippen molar-refractivity contribution in [2.45, 2.75) is 39.3 Å². The van der Waals surface area contributed by atoms with E-state index >= 15 is 0 Å². The second-order valence-corrected chi connectivity index (χ2v) is 5.63. The molecule has 1 saturated heterocycles. The van der Waals surface area contributed by atoms with E-state index in [2.05, 4.69) is 5.32 Å². The normalized spacial score (nSPS) is 21.9. The van der Waals surface area contributed by atoms with Crippen LogP contribution in [-0.4, -0.2) is 29.3 Å². The Hall–Kier alpha value is -1.91. The third kappa shape index (κ3) is 3.23. The zero-order valence-electron chi connectivity index (χ0n) is 12.6. The molecule has 1 fully saturated rings. The zero-order chi connectivity index (χ0) is 15.6. The number of hydrogen-bond donors (Lipinski definition) is 1. The second-order valence-electron chi connectivity index (χ2n) is 5.63. The lowest BCUT2D eigenvalue weighted by atomic mass is 9.94. The van der Waals surface area contributed by atoms with Crippen LogP contribution in [0, 0.1) is 11.7 Å². The van der Waals surface area contributed by atoms with Crippen LogP contribution >= 0.6 is 0 Å². The fourth-order valence-corrected chi connectivity index (χ4v) is 2.59. The molecule has 3 unspecified atom stereocenters. The van der Waals surface area contributed by atoms with Crippen molar-refractivity contribution in [2.75, 3.05) is 6.54 Å². The summed E-state index contributed by atoms with van der Waals surface area (Å²) in [6.07, 6.45) is 0.804. The molecule has 0 aliphatic carbocycles. The van der Waals surface area contributed by atoms with Crippen LogP contribution in [0.5, 0.6) is 0 Å². The minimum Gasteiger partial charge on any atom is -0.342 e. The van der Waals surface area contributed by atoms with E-state index in [-0.39, 0.29) is 36.1 Å². The highest BCUT2D eigenvalue weighted by Crippen LogP contribution is 2.25. The number of carbonyl (C=O) groups excluding carboxylic acids is 2. The van der Waals surface area contributed by atoms with Gasteiger partial charge in [-0.05, 0) is 30.5 Å². The van der Waals surface area contributed by atoms with Gasteiger partial charge in [0.05, 0.1) is 6.04 Å². The smallest absolute Gasteiger partial charge is 0.246 e. The highest BCUT2D eigenvalue weighted by molar-refractivity contribution is 5.95. The summed E-state index contributed by atoms with van der Waals surface area (Å²) < 4.78 is 13.3. The summed E-state index contributed by atoms with van der Waals surface area (Å²) in [5.41, 5.74) is 0.695. The second kappa shape index (κ2) is 6.24. The highest BCUT2D eigenvalue weighted by atomic mass is 19.1. The van der Waals surface area contributed by atoms with Crippen molar-refractivity contribution in [3.8, 4) is 0 Å². The molecule has 4 nitrogen and oxygen atoms in total. The lowest BCUT2D eigenvalue weighted by Crippen LogP contribution is -2.60. The number of rotatable bonds is 4. The predicted octanol–water partition coefficient (Wildman–Crippen LogP) is 2.26. The van der Waals surface area contributed by atoms with Crippen LogP contribution in [-0.2, 0) is 9.59 Å². The van der Waals surface area contributed by atoms with Gasteiger partial charge in [-0.3, -0.25) is 9.59 Å². The van der Waals surface area contributed by atoms with Crippen LogP contribution in [0.15, 0.2) is 24.3 Å². The molecule has 1 aliphatic rings. The monoisotopic (exact) mass is 292 g/mol. The molecule has 21 heavy (non-hydrogen) atoms. The fraction of sp³-hybridized carbons (Fsp3) is 0.500. The van der Waals surface area contributed by atoms with Gasteiger partial charge in [-0.2, -0.15) is 0 Å². The Kier molecular flexibility index (Phi) is 4.60. The van der Waals surface area contributed by atoms with Gasteiger partial charge >= 0.3 is 0 Å². The first-order valence-corrected chi connectivity index (χ1v) is 7.29. The summed E-state index contributed by atoms with van der Waals surface area (Å²) in [6, 6.07) is 5.33. The first-order chi connectivity index (χ1) is 9.93. The molecule has 1 aromatic carbocycles. The third-order valence-electron chi connectivity index (χ3n) is 4.19. The predicted molar refractivity (Wildman–Crippen MR) is 77.9 cm³/mol. The van der Waals surface area contributed by atoms with Gasteiger partial charge in [0.1, 0.15) is 18.4 Å². The lowest BCUT2D eigenvalue weighted by Gasteiger charge is -2.38. The van der Waals surface area contributed by atoms with Crippen molar-refractivity contribution in [3.63, 3.8) is 0 Å². The van der Waals surface area contributed by atoms with Gasteiger partial charge < -0.3 is 10.2 Å². The van der Waals surface area contributed by atoms with Crippen LogP contribution in [0.2, 0.25) is 0 Å². The van der Waals surface area contributed by atoms with Gasteiger partial charge in [-0.1, -0.05) is 32.4 Å². The highest BCUT2D eigenvalue weighted by Gasteiger charge is 2.37. The van der Waals surface area contributed by atoms with E-state index in [1.54, 1.807) is 12.1 Å². The Bertz CT molecular complexity index is 547. The molecule has 0 bridgehead atoms. The lowest BCUT2D eigenvalue weighted by molar-refractivity contribution is -0.148. The maximum atomic E-state index is 13.3.